The molecule has 1 aromatic heterocycles. The quantitative estimate of drug-likeness (QED) is 0.929. The molecule has 1 saturated heterocycles. The van der Waals surface area contributed by atoms with Gasteiger partial charge in [0.15, 0.2) is 0 Å². The zero-order valence-corrected chi connectivity index (χ0v) is 15.4. The molecule has 0 amide bonds. The minimum absolute atomic E-state index is 0.335. The lowest BCUT2D eigenvalue weighted by Crippen LogP contribution is -2.42. The van der Waals surface area contributed by atoms with Crippen molar-refractivity contribution in [2.24, 2.45) is 11.8 Å². The Morgan fingerprint density at radius 3 is 2.80 bits per heavy atom. The van der Waals surface area contributed by atoms with Crippen LogP contribution in [0.15, 0.2) is 36.8 Å². The minimum atomic E-state index is -0.670. The Labute approximate surface area is 150 Å². The summed E-state index contributed by atoms with van der Waals surface area (Å²) in [5.74, 6) is 0.931. The molecule has 1 aliphatic carbocycles. The molecule has 0 radical (unpaired) electrons. The normalized spacial score (nSPS) is 29.7. The number of hydrogen-bond acceptors (Lipinski definition) is 3. The first-order valence-corrected chi connectivity index (χ1v) is 9.61. The zero-order chi connectivity index (χ0) is 17.4. The van der Waals surface area contributed by atoms with Gasteiger partial charge in [-0.2, -0.15) is 0 Å². The average Bonchev–Trinajstić information content (AvgIpc) is 3.23. The number of aromatic nitrogens is 2. The summed E-state index contributed by atoms with van der Waals surface area (Å²) in [4.78, 5) is 6.81. The maximum atomic E-state index is 11.6. The predicted molar refractivity (Wildman–Crippen MR) is 99.1 cm³/mol. The van der Waals surface area contributed by atoms with Crippen LogP contribution in [0.1, 0.15) is 43.0 Å². The molecule has 1 N–H and O–H groups in total. The van der Waals surface area contributed by atoms with Crippen LogP contribution in [0.2, 0.25) is 0 Å². The maximum Gasteiger partial charge on any atom is 0.0948 e. The molecule has 0 bridgehead atoms. The first-order valence-electron chi connectivity index (χ1n) is 9.61. The number of imidazole rings is 1. The van der Waals surface area contributed by atoms with E-state index in [1.165, 1.54) is 17.7 Å². The standard InChI is InChI=1S/C21H29N3O/c1-3-24-15-22-11-19(24)13-23-12-17-5-4-10-21(25,20(17)14-23)18-8-6-16(2)7-9-18/h6-9,11,15,17,20,25H,3-5,10,12-14H2,1-2H3. The molecule has 4 heteroatoms. The lowest BCUT2D eigenvalue weighted by Gasteiger charge is -2.41. The molecule has 2 fully saturated rings. The Bertz CT molecular complexity index is 723. The summed E-state index contributed by atoms with van der Waals surface area (Å²) in [5, 5.41) is 11.6. The number of rotatable bonds is 4. The second-order valence-corrected chi connectivity index (χ2v) is 7.91. The van der Waals surface area contributed by atoms with Crippen LogP contribution in [-0.4, -0.2) is 32.6 Å². The van der Waals surface area contributed by atoms with Gasteiger partial charge in [-0.05, 0) is 44.6 Å². The fourth-order valence-electron chi connectivity index (χ4n) is 4.94. The van der Waals surface area contributed by atoms with Crippen molar-refractivity contribution in [3.8, 4) is 0 Å². The Morgan fingerprint density at radius 1 is 1.24 bits per heavy atom. The van der Waals surface area contributed by atoms with E-state index in [1.54, 1.807) is 0 Å². The van der Waals surface area contributed by atoms with Gasteiger partial charge in [0.2, 0.25) is 0 Å². The summed E-state index contributed by atoms with van der Waals surface area (Å²) in [6.07, 6.45) is 7.14. The predicted octanol–water partition coefficient (Wildman–Crippen LogP) is 3.33. The van der Waals surface area contributed by atoms with E-state index in [0.29, 0.717) is 11.8 Å². The third kappa shape index (κ3) is 3.02. The summed E-state index contributed by atoms with van der Waals surface area (Å²) >= 11 is 0. The van der Waals surface area contributed by atoms with Gasteiger partial charge in [0.1, 0.15) is 0 Å². The Balaban J connectivity index is 1.55. The fraction of sp³-hybridized carbons (Fsp3) is 0.571. The van der Waals surface area contributed by atoms with E-state index < -0.39 is 5.60 Å². The van der Waals surface area contributed by atoms with Crippen LogP contribution in [0.3, 0.4) is 0 Å². The van der Waals surface area contributed by atoms with E-state index in [2.05, 4.69) is 52.6 Å². The third-order valence-electron chi connectivity index (χ3n) is 6.34. The second-order valence-electron chi connectivity index (χ2n) is 7.91. The summed E-state index contributed by atoms with van der Waals surface area (Å²) in [7, 11) is 0. The van der Waals surface area contributed by atoms with Crippen molar-refractivity contribution in [3.05, 3.63) is 53.6 Å². The van der Waals surface area contributed by atoms with Gasteiger partial charge >= 0.3 is 0 Å². The van der Waals surface area contributed by atoms with Gasteiger partial charge in [-0.3, -0.25) is 4.90 Å². The topological polar surface area (TPSA) is 41.3 Å². The number of fused-ring (bicyclic) bond motifs is 1. The molecule has 2 aromatic rings. The highest BCUT2D eigenvalue weighted by molar-refractivity contribution is 5.28. The SMILES string of the molecule is CCn1cncc1CN1CC2CCCC(O)(c3ccc(C)cc3)C2C1. The molecule has 134 valence electrons. The van der Waals surface area contributed by atoms with Gasteiger partial charge in [-0.25, -0.2) is 4.98 Å². The number of aliphatic hydroxyl groups is 1. The van der Waals surface area contributed by atoms with Crippen molar-refractivity contribution in [1.29, 1.82) is 0 Å². The second kappa shape index (κ2) is 6.58. The molecule has 1 aromatic carbocycles. The van der Waals surface area contributed by atoms with Crippen molar-refractivity contribution in [1.82, 2.24) is 14.5 Å². The molecule has 2 aliphatic rings. The van der Waals surface area contributed by atoms with E-state index in [-0.39, 0.29) is 0 Å². The molecule has 1 aliphatic heterocycles. The van der Waals surface area contributed by atoms with E-state index >= 15 is 0 Å². The molecule has 25 heavy (non-hydrogen) atoms. The summed E-state index contributed by atoms with van der Waals surface area (Å²) < 4.78 is 2.22. The molecule has 4 rings (SSSR count). The number of likely N-dealkylation sites (tertiary alicyclic amines) is 1. The molecular formula is C21H29N3O. The van der Waals surface area contributed by atoms with Gasteiger partial charge in [0.05, 0.1) is 17.6 Å². The average molecular weight is 339 g/mol. The smallest absolute Gasteiger partial charge is 0.0948 e. The highest BCUT2D eigenvalue weighted by atomic mass is 16.3. The molecule has 0 spiro atoms. The Kier molecular flexibility index (Phi) is 4.42. The number of aryl methyl sites for hydroxylation is 2. The van der Waals surface area contributed by atoms with E-state index in [4.69, 9.17) is 0 Å². The third-order valence-corrected chi connectivity index (χ3v) is 6.34. The fourth-order valence-corrected chi connectivity index (χ4v) is 4.94. The van der Waals surface area contributed by atoms with E-state index in [0.717, 1.165) is 44.6 Å². The molecular weight excluding hydrogens is 310 g/mol. The number of nitrogens with zero attached hydrogens (tertiary/aromatic N) is 3. The largest absolute Gasteiger partial charge is 0.385 e. The highest BCUT2D eigenvalue weighted by Crippen LogP contribution is 2.48. The van der Waals surface area contributed by atoms with Crippen LogP contribution < -0.4 is 0 Å². The summed E-state index contributed by atoms with van der Waals surface area (Å²) in [6.45, 7) is 8.22. The van der Waals surface area contributed by atoms with Gasteiger partial charge in [0, 0.05) is 38.3 Å². The first-order chi connectivity index (χ1) is 12.1. The zero-order valence-electron chi connectivity index (χ0n) is 15.4. The minimum Gasteiger partial charge on any atom is -0.385 e. The molecule has 3 unspecified atom stereocenters. The van der Waals surface area contributed by atoms with Crippen molar-refractivity contribution in [2.75, 3.05) is 13.1 Å². The van der Waals surface area contributed by atoms with E-state index in [9.17, 15) is 5.11 Å². The maximum absolute atomic E-state index is 11.6. The van der Waals surface area contributed by atoms with Gasteiger partial charge in [-0.1, -0.05) is 29.8 Å². The van der Waals surface area contributed by atoms with Crippen LogP contribution >= 0.6 is 0 Å². The molecule has 3 atom stereocenters. The van der Waals surface area contributed by atoms with Gasteiger partial charge < -0.3 is 9.67 Å². The molecule has 2 heterocycles. The van der Waals surface area contributed by atoms with Crippen molar-refractivity contribution < 1.29 is 5.11 Å². The van der Waals surface area contributed by atoms with Crippen molar-refractivity contribution >= 4 is 0 Å². The monoisotopic (exact) mass is 339 g/mol. The van der Waals surface area contributed by atoms with Crippen LogP contribution in [-0.2, 0) is 18.7 Å². The van der Waals surface area contributed by atoms with Crippen LogP contribution in [0.5, 0.6) is 0 Å². The molecule has 4 nitrogen and oxygen atoms in total. The van der Waals surface area contributed by atoms with Crippen LogP contribution in [0.25, 0.3) is 0 Å². The van der Waals surface area contributed by atoms with Crippen LogP contribution in [0.4, 0.5) is 0 Å². The number of hydrogen-bond donors (Lipinski definition) is 1. The lowest BCUT2D eigenvalue weighted by atomic mass is 9.67. The number of benzene rings is 1. The van der Waals surface area contributed by atoms with E-state index in [1.807, 2.05) is 12.5 Å². The van der Waals surface area contributed by atoms with Gasteiger partial charge in [0.25, 0.3) is 0 Å². The van der Waals surface area contributed by atoms with Crippen molar-refractivity contribution in [3.63, 3.8) is 0 Å². The van der Waals surface area contributed by atoms with Crippen LogP contribution in [0, 0.1) is 18.8 Å². The Morgan fingerprint density at radius 2 is 2.04 bits per heavy atom. The highest BCUT2D eigenvalue weighted by Gasteiger charge is 2.49. The summed E-state index contributed by atoms with van der Waals surface area (Å²) in [6, 6.07) is 8.52. The molecule has 1 saturated carbocycles. The van der Waals surface area contributed by atoms with Gasteiger partial charge in [-0.15, -0.1) is 0 Å². The van der Waals surface area contributed by atoms with Crippen molar-refractivity contribution in [2.45, 2.75) is 51.8 Å². The lowest BCUT2D eigenvalue weighted by molar-refractivity contribution is -0.0648. The Hall–Kier alpha value is -1.65. The summed E-state index contributed by atoms with van der Waals surface area (Å²) in [5.41, 5.74) is 2.96. The first kappa shape index (κ1) is 16.8.